The Morgan fingerprint density at radius 2 is 1.74 bits per heavy atom. The number of carboxylic acid groups (broad SMARTS) is 1. The Morgan fingerprint density at radius 3 is 2.32 bits per heavy atom. The van der Waals surface area contributed by atoms with Crippen molar-refractivity contribution in [3.05, 3.63) is 71.7 Å². The minimum absolute atomic E-state index is 0.242. The number of rotatable bonds is 8. The molecule has 3 aromatic rings. The number of aromatic nitrogens is 2. The van der Waals surface area contributed by atoms with E-state index in [1.807, 2.05) is 76.4 Å². The van der Waals surface area contributed by atoms with E-state index < -0.39 is 17.7 Å². The Balaban J connectivity index is 1.74. The van der Waals surface area contributed by atoms with Crippen molar-refractivity contribution in [2.45, 2.75) is 72.7 Å². The highest BCUT2D eigenvalue weighted by atomic mass is 16.5. The normalized spacial score (nSPS) is 16.2. The van der Waals surface area contributed by atoms with Gasteiger partial charge in [-0.3, -0.25) is 9.97 Å². The SMILES string of the molecule is Cc1ncc(-c2ccc(COc3ccccc3)cn2)c(N2CCC(C)(C)CC2)c1C(OC(C)(C)C)C(=O)O. The van der Waals surface area contributed by atoms with Gasteiger partial charge in [-0.2, -0.15) is 0 Å². The zero-order valence-electron chi connectivity index (χ0n) is 23.3. The lowest BCUT2D eigenvalue weighted by molar-refractivity contribution is -0.160. The van der Waals surface area contributed by atoms with Gasteiger partial charge < -0.3 is 19.5 Å². The fraction of sp³-hybridized carbons (Fsp3) is 0.452. The third kappa shape index (κ3) is 6.70. The van der Waals surface area contributed by atoms with E-state index in [0.717, 1.165) is 54.2 Å². The van der Waals surface area contributed by atoms with Crippen molar-refractivity contribution in [1.82, 2.24) is 9.97 Å². The lowest BCUT2D eigenvalue weighted by Gasteiger charge is -2.40. The van der Waals surface area contributed by atoms with Gasteiger partial charge in [0.2, 0.25) is 0 Å². The second kappa shape index (κ2) is 11.1. The molecule has 3 heterocycles. The van der Waals surface area contributed by atoms with Crippen molar-refractivity contribution in [2.24, 2.45) is 5.41 Å². The maximum absolute atomic E-state index is 12.5. The molecule has 38 heavy (non-hydrogen) atoms. The average Bonchev–Trinajstić information content (AvgIpc) is 2.86. The Kier molecular flexibility index (Phi) is 8.07. The van der Waals surface area contributed by atoms with Crippen LogP contribution in [0.1, 0.15) is 70.4 Å². The molecule has 4 rings (SSSR count). The van der Waals surface area contributed by atoms with Crippen LogP contribution in [0.4, 0.5) is 5.69 Å². The summed E-state index contributed by atoms with van der Waals surface area (Å²) in [5, 5.41) is 10.3. The van der Waals surface area contributed by atoms with Gasteiger partial charge in [0, 0.05) is 47.9 Å². The number of carbonyl (C=O) groups is 1. The Hall–Kier alpha value is -3.45. The smallest absolute Gasteiger partial charge is 0.337 e. The van der Waals surface area contributed by atoms with Crippen molar-refractivity contribution < 1.29 is 19.4 Å². The first kappa shape index (κ1) is 27.6. The van der Waals surface area contributed by atoms with Crippen LogP contribution >= 0.6 is 0 Å². The molecule has 0 aliphatic carbocycles. The molecule has 1 aromatic carbocycles. The van der Waals surface area contributed by atoms with Gasteiger partial charge in [-0.1, -0.05) is 38.1 Å². The number of piperidine rings is 1. The molecule has 7 nitrogen and oxygen atoms in total. The lowest BCUT2D eigenvalue weighted by Crippen LogP contribution is -2.39. The number of carboxylic acids is 1. The van der Waals surface area contributed by atoms with E-state index in [-0.39, 0.29) is 5.41 Å². The molecule has 0 spiro atoms. The molecule has 1 aliphatic rings. The summed E-state index contributed by atoms with van der Waals surface area (Å²) in [7, 11) is 0. The van der Waals surface area contributed by atoms with Crippen LogP contribution in [0.5, 0.6) is 5.75 Å². The van der Waals surface area contributed by atoms with E-state index in [4.69, 9.17) is 14.5 Å². The molecule has 1 aliphatic heterocycles. The van der Waals surface area contributed by atoms with E-state index in [0.29, 0.717) is 17.9 Å². The molecule has 2 aromatic heterocycles. The number of benzene rings is 1. The van der Waals surface area contributed by atoms with Crippen LogP contribution in [0, 0.1) is 12.3 Å². The molecule has 1 fully saturated rings. The van der Waals surface area contributed by atoms with Gasteiger partial charge in [0.1, 0.15) is 12.4 Å². The van der Waals surface area contributed by atoms with Gasteiger partial charge in [0.05, 0.1) is 17.0 Å². The summed E-state index contributed by atoms with van der Waals surface area (Å²) >= 11 is 0. The fourth-order valence-electron chi connectivity index (χ4n) is 4.73. The molecule has 0 saturated carbocycles. The van der Waals surface area contributed by atoms with Crippen LogP contribution in [-0.4, -0.2) is 39.7 Å². The van der Waals surface area contributed by atoms with E-state index in [9.17, 15) is 9.90 Å². The number of anilines is 1. The summed E-state index contributed by atoms with van der Waals surface area (Å²) in [4.78, 5) is 24.2. The number of hydrogen-bond donors (Lipinski definition) is 1. The molecular weight excluding hydrogens is 478 g/mol. The average molecular weight is 518 g/mol. The molecule has 7 heteroatoms. The van der Waals surface area contributed by atoms with Crippen LogP contribution in [0.2, 0.25) is 0 Å². The Morgan fingerprint density at radius 1 is 1.05 bits per heavy atom. The molecule has 1 N–H and O–H groups in total. The predicted octanol–water partition coefficient (Wildman–Crippen LogP) is 6.60. The van der Waals surface area contributed by atoms with Gasteiger partial charge in [0.25, 0.3) is 0 Å². The summed E-state index contributed by atoms with van der Waals surface area (Å²) in [6, 6.07) is 13.6. The number of hydrogen-bond acceptors (Lipinski definition) is 6. The molecule has 202 valence electrons. The largest absolute Gasteiger partial charge is 0.489 e. The van der Waals surface area contributed by atoms with Crippen molar-refractivity contribution in [3.63, 3.8) is 0 Å². The van der Waals surface area contributed by atoms with Crippen molar-refractivity contribution in [2.75, 3.05) is 18.0 Å². The van der Waals surface area contributed by atoms with Crippen LogP contribution in [0.3, 0.4) is 0 Å². The van der Waals surface area contributed by atoms with Crippen LogP contribution in [0.15, 0.2) is 54.9 Å². The highest BCUT2D eigenvalue weighted by molar-refractivity contribution is 5.85. The first-order chi connectivity index (χ1) is 17.9. The molecular formula is C31H39N3O4. The fourth-order valence-corrected chi connectivity index (χ4v) is 4.73. The van der Waals surface area contributed by atoms with E-state index in [1.54, 1.807) is 6.20 Å². The Bertz CT molecular complexity index is 1240. The topological polar surface area (TPSA) is 84.8 Å². The highest BCUT2D eigenvalue weighted by Gasteiger charge is 2.36. The quantitative estimate of drug-likeness (QED) is 0.360. The van der Waals surface area contributed by atoms with Gasteiger partial charge in [-0.25, -0.2) is 4.79 Å². The zero-order chi connectivity index (χ0) is 27.5. The monoisotopic (exact) mass is 517 g/mol. The van der Waals surface area contributed by atoms with E-state index >= 15 is 0 Å². The molecule has 1 saturated heterocycles. The molecule has 0 radical (unpaired) electrons. The van der Waals surface area contributed by atoms with E-state index in [1.165, 1.54) is 0 Å². The number of ether oxygens (including phenoxy) is 2. The van der Waals surface area contributed by atoms with Crippen molar-refractivity contribution >= 4 is 11.7 Å². The minimum atomic E-state index is -1.15. The highest BCUT2D eigenvalue weighted by Crippen LogP contribution is 2.43. The molecule has 0 amide bonds. The number of nitrogens with zero attached hydrogens (tertiary/aromatic N) is 3. The van der Waals surface area contributed by atoms with E-state index in [2.05, 4.69) is 23.7 Å². The summed E-state index contributed by atoms with van der Waals surface area (Å²) in [5.74, 6) is -0.222. The third-order valence-corrected chi connectivity index (χ3v) is 6.93. The van der Waals surface area contributed by atoms with Crippen molar-refractivity contribution in [1.29, 1.82) is 0 Å². The minimum Gasteiger partial charge on any atom is -0.489 e. The number of pyridine rings is 2. The standard InChI is InChI=1S/C31H39N3O4/c1-21-26(28(29(35)36)38-30(2,3)4)27(34-16-14-31(5,6)15-17-34)24(19-32-21)25-13-12-22(18-33-25)20-37-23-10-8-7-9-11-23/h7-13,18-19,28H,14-17,20H2,1-6H3,(H,35,36). The van der Waals surface area contributed by atoms with Crippen LogP contribution in [0.25, 0.3) is 11.3 Å². The summed E-state index contributed by atoms with van der Waals surface area (Å²) < 4.78 is 12.0. The maximum atomic E-state index is 12.5. The second-order valence-electron chi connectivity index (χ2n) is 11.8. The first-order valence-electron chi connectivity index (χ1n) is 13.2. The van der Waals surface area contributed by atoms with Crippen LogP contribution in [-0.2, 0) is 16.1 Å². The predicted molar refractivity (Wildman–Crippen MR) is 149 cm³/mol. The summed E-state index contributed by atoms with van der Waals surface area (Å²) in [6.45, 7) is 14.1. The second-order valence-corrected chi connectivity index (χ2v) is 11.8. The van der Waals surface area contributed by atoms with Gasteiger partial charge in [0.15, 0.2) is 6.10 Å². The van der Waals surface area contributed by atoms with Gasteiger partial charge in [-0.05, 0) is 64.2 Å². The summed E-state index contributed by atoms with van der Waals surface area (Å²) in [6.07, 6.45) is 4.49. The first-order valence-corrected chi connectivity index (χ1v) is 13.2. The molecule has 1 unspecified atom stereocenters. The van der Waals surface area contributed by atoms with Crippen molar-refractivity contribution in [3.8, 4) is 17.0 Å². The Labute approximate surface area is 225 Å². The molecule has 1 atom stereocenters. The number of aryl methyl sites for hydroxylation is 1. The zero-order valence-corrected chi connectivity index (χ0v) is 23.3. The number of aliphatic carboxylic acids is 1. The third-order valence-electron chi connectivity index (χ3n) is 6.93. The lowest BCUT2D eigenvalue weighted by atomic mass is 9.82. The van der Waals surface area contributed by atoms with Crippen LogP contribution < -0.4 is 9.64 Å². The summed E-state index contributed by atoms with van der Waals surface area (Å²) in [5.41, 5.74) is 4.19. The molecule has 0 bridgehead atoms. The maximum Gasteiger partial charge on any atom is 0.337 e. The van der Waals surface area contributed by atoms with Gasteiger partial charge in [-0.15, -0.1) is 0 Å². The number of para-hydroxylation sites is 1. The van der Waals surface area contributed by atoms with Gasteiger partial charge >= 0.3 is 5.97 Å².